The van der Waals surface area contributed by atoms with E-state index in [0.717, 1.165) is 12.8 Å². The minimum atomic E-state index is -4.09. The lowest BCUT2D eigenvalue weighted by molar-refractivity contribution is -0.183. The summed E-state index contributed by atoms with van der Waals surface area (Å²) in [4.78, 5) is 4.19. The molecule has 25 heavy (non-hydrogen) atoms. The molecule has 2 fully saturated rings. The van der Waals surface area contributed by atoms with E-state index in [9.17, 15) is 13.2 Å². The molecule has 2 aliphatic rings. The third kappa shape index (κ3) is 5.49. The fourth-order valence-corrected chi connectivity index (χ4v) is 3.58. The van der Waals surface area contributed by atoms with Gasteiger partial charge in [0.15, 0.2) is 5.96 Å². The highest BCUT2D eigenvalue weighted by atomic mass is 127. The third-order valence-electron chi connectivity index (χ3n) is 5.04. The Morgan fingerprint density at radius 2 is 1.80 bits per heavy atom. The van der Waals surface area contributed by atoms with Crippen molar-refractivity contribution in [2.75, 3.05) is 7.05 Å². The first kappa shape index (κ1) is 20.3. The fraction of sp³-hybridized carbons (Fsp3) is 0.611. The van der Waals surface area contributed by atoms with Crippen molar-refractivity contribution in [3.8, 4) is 0 Å². The molecule has 0 radical (unpaired) electrons. The number of benzene rings is 1. The minimum Gasteiger partial charge on any atom is -0.354 e. The van der Waals surface area contributed by atoms with E-state index in [0.29, 0.717) is 24.3 Å². The van der Waals surface area contributed by atoms with Crippen LogP contribution in [-0.4, -0.2) is 31.3 Å². The highest BCUT2D eigenvalue weighted by Gasteiger charge is 2.43. The Bertz CT molecular complexity index is 577. The predicted molar refractivity (Wildman–Crippen MR) is 104 cm³/mol. The average Bonchev–Trinajstić information content (AvgIpc) is 3.34. The summed E-state index contributed by atoms with van der Waals surface area (Å²) in [5.41, 5.74) is 1.29. The van der Waals surface area contributed by atoms with Gasteiger partial charge in [-0.15, -0.1) is 24.0 Å². The molecule has 0 bridgehead atoms. The maximum atomic E-state index is 12.9. The van der Waals surface area contributed by atoms with E-state index in [1.165, 1.54) is 5.56 Å². The van der Waals surface area contributed by atoms with Gasteiger partial charge in [-0.3, -0.25) is 4.99 Å². The van der Waals surface area contributed by atoms with Crippen molar-refractivity contribution in [3.63, 3.8) is 0 Å². The predicted octanol–water partition coefficient (Wildman–Crippen LogP) is 4.45. The Labute approximate surface area is 163 Å². The van der Waals surface area contributed by atoms with E-state index in [4.69, 9.17) is 0 Å². The van der Waals surface area contributed by atoms with Gasteiger partial charge in [0.2, 0.25) is 0 Å². The molecular formula is C18H25F3IN3. The van der Waals surface area contributed by atoms with Gasteiger partial charge in [-0.05, 0) is 31.2 Å². The monoisotopic (exact) mass is 467 g/mol. The first-order chi connectivity index (χ1) is 11.5. The zero-order valence-corrected chi connectivity index (χ0v) is 16.6. The number of halogens is 4. The summed E-state index contributed by atoms with van der Waals surface area (Å²) in [6, 6.07) is 10.4. The zero-order valence-electron chi connectivity index (χ0n) is 14.2. The molecule has 2 aliphatic carbocycles. The maximum Gasteiger partial charge on any atom is 0.391 e. The Morgan fingerprint density at radius 3 is 2.44 bits per heavy atom. The summed E-state index contributed by atoms with van der Waals surface area (Å²) in [5.74, 6) is -0.120. The summed E-state index contributed by atoms with van der Waals surface area (Å²) in [7, 11) is 1.67. The van der Waals surface area contributed by atoms with Crippen molar-refractivity contribution in [2.24, 2.45) is 10.9 Å². The number of hydrogen-bond donors (Lipinski definition) is 2. The van der Waals surface area contributed by atoms with Crippen LogP contribution in [0.25, 0.3) is 0 Å². The molecule has 0 heterocycles. The minimum absolute atomic E-state index is 0. The average molecular weight is 467 g/mol. The van der Waals surface area contributed by atoms with Gasteiger partial charge in [-0.25, -0.2) is 0 Å². The van der Waals surface area contributed by atoms with Crippen molar-refractivity contribution < 1.29 is 13.2 Å². The second kappa shape index (κ2) is 8.60. The molecule has 4 unspecified atom stereocenters. The van der Waals surface area contributed by atoms with Crippen LogP contribution in [0.2, 0.25) is 0 Å². The van der Waals surface area contributed by atoms with Crippen LogP contribution >= 0.6 is 24.0 Å². The molecule has 0 saturated heterocycles. The molecule has 1 aromatic carbocycles. The largest absolute Gasteiger partial charge is 0.391 e. The van der Waals surface area contributed by atoms with Gasteiger partial charge in [-0.1, -0.05) is 36.8 Å². The molecule has 1 aromatic rings. The van der Waals surface area contributed by atoms with Crippen LogP contribution in [0.4, 0.5) is 13.2 Å². The third-order valence-corrected chi connectivity index (χ3v) is 5.04. The van der Waals surface area contributed by atoms with E-state index < -0.39 is 12.1 Å². The van der Waals surface area contributed by atoms with Crippen LogP contribution < -0.4 is 10.6 Å². The molecule has 3 nitrogen and oxygen atoms in total. The van der Waals surface area contributed by atoms with Crippen LogP contribution in [0.5, 0.6) is 0 Å². The van der Waals surface area contributed by atoms with Crippen LogP contribution in [0, 0.1) is 5.92 Å². The zero-order chi connectivity index (χ0) is 17.2. The second-order valence-electron chi connectivity index (χ2n) is 6.82. The lowest BCUT2D eigenvalue weighted by Gasteiger charge is -2.32. The summed E-state index contributed by atoms with van der Waals surface area (Å²) in [6.45, 7) is 0. The van der Waals surface area contributed by atoms with Crippen molar-refractivity contribution in [2.45, 2.75) is 56.3 Å². The van der Waals surface area contributed by atoms with E-state index in [-0.39, 0.29) is 42.9 Å². The molecule has 2 N–H and O–H groups in total. The number of nitrogens with one attached hydrogen (secondary N) is 2. The smallest absolute Gasteiger partial charge is 0.354 e. The molecule has 0 aromatic heterocycles. The SMILES string of the molecule is CN=C(NC1CCCC(C(F)(F)F)C1)NC1CC1c1ccccc1.I. The quantitative estimate of drug-likeness (QED) is 0.392. The number of nitrogens with zero attached hydrogens (tertiary/aromatic N) is 1. The number of rotatable bonds is 3. The highest BCUT2D eigenvalue weighted by molar-refractivity contribution is 14.0. The summed E-state index contributed by atoms with van der Waals surface area (Å²) in [5, 5.41) is 6.54. The maximum absolute atomic E-state index is 12.9. The molecule has 140 valence electrons. The molecule has 7 heteroatoms. The number of aliphatic imine (C=N–C) groups is 1. The molecule has 0 aliphatic heterocycles. The number of alkyl halides is 3. The summed E-state index contributed by atoms with van der Waals surface area (Å²) >= 11 is 0. The molecular weight excluding hydrogens is 442 g/mol. The first-order valence-electron chi connectivity index (χ1n) is 8.59. The van der Waals surface area contributed by atoms with Gasteiger partial charge in [0.1, 0.15) is 0 Å². The van der Waals surface area contributed by atoms with E-state index >= 15 is 0 Å². The van der Waals surface area contributed by atoms with Crippen molar-refractivity contribution >= 4 is 29.9 Å². The topological polar surface area (TPSA) is 36.4 Å². The Morgan fingerprint density at radius 1 is 1.08 bits per heavy atom. The molecule has 0 amide bonds. The fourth-order valence-electron chi connectivity index (χ4n) is 3.58. The van der Waals surface area contributed by atoms with Crippen molar-refractivity contribution in [1.82, 2.24) is 10.6 Å². The standard InChI is InChI=1S/C18H24F3N3.HI/c1-22-17(23-14-9-5-8-13(10-14)18(19,20)21)24-16-11-15(16)12-6-3-2-4-7-12;/h2-4,6-7,13-16H,5,8-11H2,1H3,(H2,22,23,24);1H. The first-order valence-corrected chi connectivity index (χ1v) is 8.59. The Kier molecular flexibility index (Phi) is 6.99. The number of hydrogen-bond acceptors (Lipinski definition) is 1. The van der Waals surface area contributed by atoms with Crippen LogP contribution in [0.15, 0.2) is 35.3 Å². The van der Waals surface area contributed by atoms with E-state index in [2.05, 4.69) is 27.8 Å². The lowest BCUT2D eigenvalue weighted by Crippen LogP contribution is -2.47. The van der Waals surface area contributed by atoms with Crippen molar-refractivity contribution in [1.29, 1.82) is 0 Å². The van der Waals surface area contributed by atoms with Gasteiger partial charge in [0.25, 0.3) is 0 Å². The molecule has 4 atom stereocenters. The number of guanidine groups is 1. The molecule has 3 rings (SSSR count). The Hall–Kier alpha value is -0.990. The van der Waals surface area contributed by atoms with Gasteiger partial charge < -0.3 is 10.6 Å². The Balaban J connectivity index is 0.00000225. The van der Waals surface area contributed by atoms with Gasteiger partial charge in [-0.2, -0.15) is 13.2 Å². The summed E-state index contributed by atoms with van der Waals surface area (Å²) in [6.07, 6.45) is -1.31. The lowest BCUT2D eigenvalue weighted by atomic mass is 9.85. The highest BCUT2D eigenvalue weighted by Crippen LogP contribution is 2.41. The normalized spacial score (nSPS) is 29.5. The second-order valence-corrected chi connectivity index (χ2v) is 6.82. The van der Waals surface area contributed by atoms with E-state index in [1.807, 2.05) is 18.2 Å². The van der Waals surface area contributed by atoms with E-state index in [1.54, 1.807) is 7.05 Å². The van der Waals surface area contributed by atoms with Crippen LogP contribution in [0.1, 0.15) is 43.6 Å². The van der Waals surface area contributed by atoms with Gasteiger partial charge in [0.05, 0.1) is 5.92 Å². The van der Waals surface area contributed by atoms with Gasteiger partial charge >= 0.3 is 6.18 Å². The molecule has 0 spiro atoms. The van der Waals surface area contributed by atoms with Crippen LogP contribution in [-0.2, 0) is 0 Å². The molecule has 2 saturated carbocycles. The van der Waals surface area contributed by atoms with Gasteiger partial charge in [0, 0.05) is 25.0 Å². The summed E-state index contributed by atoms with van der Waals surface area (Å²) < 4.78 is 38.8. The van der Waals surface area contributed by atoms with Crippen LogP contribution in [0.3, 0.4) is 0 Å². The van der Waals surface area contributed by atoms with Crippen molar-refractivity contribution in [3.05, 3.63) is 35.9 Å².